The molecule has 0 aliphatic heterocycles. The van der Waals surface area contributed by atoms with Crippen LogP contribution in [0.3, 0.4) is 0 Å². The summed E-state index contributed by atoms with van der Waals surface area (Å²) in [7, 11) is -9.82. The van der Waals surface area contributed by atoms with E-state index in [0.717, 1.165) is 12.1 Å². The van der Waals surface area contributed by atoms with Crippen molar-refractivity contribution in [2.45, 2.75) is 19.6 Å². The Morgan fingerprint density at radius 1 is 0.725 bits per heavy atom. The molecule has 0 fully saturated rings. The number of hydrogen-bond acceptors (Lipinski definition) is 16. The van der Waals surface area contributed by atoms with Gasteiger partial charge in [-0.15, -0.1) is 18.9 Å². The van der Waals surface area contributed by atoms with Crippen LogP contribution in [0.25, 0.3) is 21.5 Å². The van der Waals surface area contributed by atoms with Crippen molar-refractivity contribution in [1.29, 1.82) is 0 Å². The van der Waals surface area contributed by atoms with Crippen LogP contribution in [0.1, 0.15) is 0 Å². The predicted octanol–water partition coefficient (Wildman–Crippen LogP) is 5.05. The summed E-state index contributed by atoms with van der Waals surface area (Å²) in [5.74, 6) is -0.704. The van der Waals surface area contributed by atoms with Crippen molar-refractivity contribution in [3.05, 3.63) is 48.5 Å². The monoisotopic (exact) mass is 633 g/mol. The molecule has 212 valence electrons. The van der Waals surface area contributed by atoms with Crippen LogP contribution in [0.4, 0.5) is 17.1 Å². The smallest absolute Gasteiger partial charge is 0.297 e. The number of azo groups is 1. The molecule has 0 radical (unpaired) electrons. The summed E-state index contributed by atoms with van der Waals surface area (Å²) >= 11 is 0.786. The number of hydrogen-bond donors (Lipinski definition) is 6. The highest BCUT2D eigenvalue weighted by atomic mass is 32.2. The summed E-state index contributed by atoms with van der Waals surface area (Å²) in [5.41, 5.74) is 4.56. The van der Waals surface area contributed by atoms with Crippen molar-refractivity contribution in [3.8, 4) is 5.75 Å². The second-order valence-corrected chi connectivity index (χ2v) is 11.7. The van der Waals surface area contributed by atoms with Crippen LogP contribution in [-0.2, 0) is 39.0 Å². The molecule has 0 spiro atoms. The molecule has 4 aromatic carbocycles. The highest BCUT2D eigenvalue weighted by Gasteiger charge is 2.25. The molecule has 0 bridgehead atoms. The van der Waals surface area contributed by atoms with Gasteiger partial charge in [-0.1, -0.05) is 28.3 Å². The normalized spacial score (nSPS) is 12.6. The number of aromatic hydroxyl groups is 1. The van der Waals surface area contributed by atoms with E-state index in [1.165, 1.54) is 36.4 Å². The Hall–Kier alpha value is -3.12. The number of nitrogens with two attached hydrogens (primary N) is 1. The van der Waals surface area contributed by atoms with Gasteiger partial charge in [0.05, 0.1) is 34.7 Å². The first-order valence-electron chi connectivity index (χ1n) is 10.2. The van der Waals surface area contributed by atoms with Crippen LogP contribution >= 0.6 is 24.1 Å². The summed E-state index contributed by atoms with van der Waals surface area (Å²) < 4.78 is 77.1. The first kappa shape index (κ1) is 29.9. The molecule has 40 heavy (non-hydrogen) atoms. The third kappa shape index (κ3) is 5.97. The maximum atomic E-state index is 12.4. The number of nitrogens with zero attached hydrogens (tertiary/aromatic N) is 2. The third-order valence-corrected chi connectivity index (χ3v) is 8.45. The lowest BCUT2D eigenvalue weighted by Crippen LogP contribution is -2.04. The van der Waals surface area contributed by atoms with Gasteiger partial charge in [-0.3, -0.25) is 9.11 Å². The number of fused-ring (bicyclic) bond motifs is 2. The third-order valence-electron chi connectivity index (χ3n) is 5.25. The van der Waals surface area contributed by atoms with Gasteiger partial charge in [0.25, 0.3) is 20.2 Å². The summed E-state index contributed by atoms with van der Waals surface area (Å²) in [4.78, 5) is -1.34. The largest absolute Gasteiger partial charge is 0.505 e. The fourth-order valence-electron chi connectivity index (χ4n) is 3.78. The Morgan fingerprint density at radius 3 is 1.98 bits per heavy atom. The fraction of sp³-hybridized carbons (Fsp3) is 0. The fourth-order valence-corrected chi connectivity index (χ4v) is 6.41. The number of phenolic OH excluding ortho intramolecular Hbond substituents is 1. The second-order valence-electron chi connectivity index (χ2n) is 7.52. The Kier molecular flexibility index (Phi) is 8.79. The molecule has 0 aliphatic rings. The van der Waals surface area contributed by atoms with E-state index in [0.29, 0.717) is 16.9 Å². The Balaban J connectivity index is 1.96. The van der Waals surface area contributed by atoms with Crippen molar-refractivity contribution in [2.75, 3.05) is 5.73 Å². The standard InChI is InChI=1S/C20H15N3O13S4/c21-13-6-4-10-12(19(13)39(27,28)29)8-16(38-36-34-26)17(18(10)24)23-22-14-7-5-9-11(20(14)40(30,31)32)2-1-3-15(9)37-35-33-25/h1-8,24-26H,21H2,(H,27,28,29)(H,30,31,32). The van der Waals surface area contributed by atoms with E-state index in [1.807, 2.05) is 0 Å². The van der Waals surface area contributed by atoms with Crippen LogP contribution < -0.4 is 5.73 Å². The van der Waals surface area contributed by atoms with Gasteiger partial charge in [-0.05, 0) is 35.7 Å². The maximum Gasteiger partial charge on any atom is 0.297 e. The number of nitrogen functional groups attached to an aromatic ring is 1. The van der Waals surface area contributed by atoms with Crippen molar-refractivity contribution >= 4 is 82.9 Å². The van der Waals surface area contributed by atoms with Crippen molar-refractivity contribution in [3.63, 3.8) is 0 Å². The molecule has 16 nitrogen and oxygen atoms in total. The topological polar surface area (TPSA) is 257 Å². The van der Waals surface area contributed by atoms with Gasteiger partial charge in [0.1, 0.15) is 21.2 Å². The molecule has 4 rings (SSSR count). The van der Waals surface area contributed by atoms with E-state index >= 15 is 0 Å². The number of phenols is 1. The number of rotatable bonds is 10. The lowest BCUT2D eigenvalue weighted by Gasteiger charge is -2.13. The Morgan fingerprint density at radius 2 is 1.35 bits per heavy atom. The minimum atomic E-state index is -4.94. The molecule has 20 heteroatoms. The molecule has 0 unspecified atom stereocenters. The zero-order valence-electron chi connectivity index (χ0n) is 19.2. The molecule has 7 N–H and O–H groups in total. The first-order chi connectivity index (χ1) is 18.9. The molecule has 0 amide bonds. The molecule has 0 heterocycles. The van der Waals surface area contributed by atoms with Gasteiger partial charge in [-0.2, -0.15) is 16.8 Å². The minimum Gasteiger partial charge on any atom is -0.505 e. The Bertz CT molecular complexity index is 1870. The van der Waals surface area contributed by atoms with E-state index < -0.39 is 41.5 Å². The van der Waals surface area contributed by atoms with Crippen molar-refractivity contribution in [1.82, 2.24) is 0 Å². The Labute approximate surface area is 232 Å². The quantitative estimate of drug-likeness (QED) is 0.0333. The van der Waals surface area contributed by atoms with Gasteiger partial charge in [0.2, 0.25) is 0 Å². The molecule has 4 aromatic rings. The number of anilines is 1. The summed E-state index contributed by atoms with van der Waals surface area (Å²) in [6, 6.07) is 10.3. The molecular weight excluding hydrogens is 618 g/mol. The minimum absolute atomic E-state index is 0.0203. The molecule has 0 saturated carbocycles. The van der Waals surface area contributed by atoms with E-state index in [1.54, 1.807) is 0 Å². The van der Waals surface area contributed by atoms with Crippen LogP contribution in [0.15, 0.2) is 78.3 Å². The van der Waals surface area contributed by atoms with E-state index in [-0.39, 0.29) is 49.9 Å². The molecule has 0 aromatic heterocycles. The van der Waals surface area contributed by atoms with Gasteiger partial charge < -0.3 is 10.8 Å². The van der Waals surface area contributed by atoms with Crippen LogP contribution in [0, 0.1) is 0 Å². The maximum absolute atomic E-state index is 12.4. The lowest BCUT2D eigenvalue weighted by molar-refractivity contribution is -0.432. The van der Waals surface area contributed by atoms with Crippen LogP contribution in [-0.4, -0.2) is 41.6 Å². The van der Waals surface area contributed by atoms with Gasteiger partial charge >= 0.3 is 0 Å². The highest BCUT2D eigenvalue weighted by molar-refractivity contribution is 7.95. The zero-order valence-corrected chi connectivity index (χ0v) is 22.5. The average Bonchev–Trinajstić information content (AvgIpc) is 2.88. The predicted molar refractivity (Wildman–Crippen MR) is 139 cm³/mol. The van der Waals surface area contributed by atoms with E-state index in [4.69, 9.17) is 16.2 Å². The van der Waals surface area contributed by atoms with Crippen molar-refractivity contribution in [2.24, 2.45) is 10.2 Å². The van der Waals surface area contributed by atoms with Crippen LogP contribution in [0.2, 0.25) is 0 Å². The molecule has 0 saturated heterocycles. The molecule has 0 aliphatic carbocycles. The summed E-state index contributed by atoms with van der Waals surface area (Å²) in [6.45, 7) is 0. The summed E-state index contributed by atoms with van der Waals surface area (Å²) in [6.07, 6.45) is 0. The van der Waals surface area contributed by atoms with Crippen molar-refractivity contribution < 1.29 is 60.3 Å². The number of benzene rings is 4. The second kappa shape index (κ2) is 11.8. The SMILES string of the molecule is Nc1ccc2c(O)c(N=Nc3ccc4c(SOOO)cccc4c3S(=O)(=O)O)c(SOOO)cc2c1S(=O)(=O)O. The van der Waals surface area contributed by atoms with Gasteiger partial charge in [-0.25, -0.2) is 10.5 Å². The van der Waals surface area contributed by atoms with Crippen LogP contribution in [0.5, 0.6) is 5.75 Å². The first-order valence-corrected chi connectivity index (χ1v) is 14.5. The lowest BCUT2D eigenvalue weighted by atomic mass is 10.1. The highest BCUT2D eigenvalue weighted by Crippen LogP contribution is 2.47. The van der Waals surface area contributed by atoms with E-state index in [9.17, 15) is 31.0 Å². The zero-order chi connectivity index (χ0) is 29.2. The molecular formula is C20H15N3O13S4. The van der Waals surface area contributed by atoms with Gasteiger partial charge in [0, 0.05) is 21.1 Å². The average molecular weight is 634 g/mol. The molecule has 0 atom stereocenters. The van der Waals surface area contributed by atoms with E-state index in [2.05, 4.69) is 29.0 Å². The van der Waals surface area contributed by atoms with Gasteiger partial charge in [0.15, 0.2) is 5.75 Å². The summed E-state index contributed by atoms with van der Waals surface area (Å²) in [5, 5.41) is 42.7.